The predicted molar refractivity (Wildman–Crippen MR) is 126 cm³/mol. The van der Waals surface area contributed by atoms with Crippen LogP contribution in [0.15, 0.2) is 35.1 Å². The van der Waals surface area contributed by atoms with Gasteiger partial charge in [0.05, 0.1) is 33.8 Å². The fourth-order valence-electron chi connectivity index (χ4n) is 4.92. The van der Waals surface area contributed by atoms with Gasteiger partial charge in [-0.25, -0.2) is 9.78 Å². The number of benzene rings is 2. The maximum absolute atomic E-state index is 13.3. The van der Waals surface area contributed by atoms with Gasteiger partial charge in [0, 0.05) is 25.7 Å². The molecule has 0 amide bonds. The first kappa shape index (κ1) is 21.0. The molecule has 1 saturated carbocycles. The van der Waals surface area contributed by atoms with Crippen LogP contribution in [0.1, 0.15) is 46.4 Å². The molecule has 1 aliphatic carbocycles. The molecule has 0 bridgehead atoms. The van der Waals surface area contributed by atoms with Crippen LogP contribution in [-0.2, 0) is 7.05 Å². The first-order valence-electron chi connectivity index (χ1n) is 11.1. The lowest BCUT2D eigenvalue weighted by Gasteiger charge is -2.24. The molecule has 8 heteroatoms. The second-order valence-corrected chi connectivity index (χ2v) is 9.23. The van der Waals surface area contributed by atoms with Gasteiger partial charge >= 0.3 is 5.97 Å². The molecule has 0 radical (unpaired) electrons. The fraction of sp³-hybridized carbons (Fsp3) is 0.360. The highest BCUT2D eigenvalue weighted by atomic mass is 16.4. The monoisotopic (exact) mass is 443 g/mol. The van der Waals surface area contributed by atoms with E-state index in [1.165, 1.54) is 24.6 Å². The molecular formula is C25H25N5O3. The van der Waals surface area contributed by atoms with Crippen LogP contribution in [0.25, 0.3) is 10.9 Å². The SMILES string of the molecule is Cc1cc(C(C)Nc2cc(C(=O)O)ccc2C#N)c2nc(N3CC4CC4C3)n(C)c(=O)c2c1. The molecule has 2 N–H and O–H groups in total. The Bertz CT molecular complexity index is 1390. The van der Waals surface area contributed by atoms with E-state index in [4.69, 9.17) is 4.98 Å². The van der Waals surface area contributed by atoms with E-state index >= 15 is 0 Å². The lowest BCUT2D eigenvalue weighted by atomic mass is 10.00. The van der Waals surface area contributed by atoms with E-state index in [2.05, 4.69) is 16.3 Å². The molecular weight excluding hydrogens is 418 g/mol. The van der Waals surface area contributed by atoms with Gasteiger partial charge in [0.15, 0.2) is 0 Å². The summed E-state index contributed by atoms with van der Waals surface area (Å²) in [5, 5.41) is 22.7. The van der Waals surface area contributed by atoms with Crippen molar-refractivity contribution in [3.63, 3.8) is 0 Å². The molecule has 5 rings (SSSR count). The Balaban J connectivity index is 1.60. The van der Waals surface area contributed by atoms with Crippen molar-refractivity contribution in [3.8, 4) is 6.07 Å². The maximum Gasteiger partial charge on any atom is 0.335 e. The minimum absolute atomic E-state index is 0.0849. The van der Waals surface area contributed by atoms with Gasteiger partial charge in [-0.2, -0.15) is 5.26 Å². The van der Waals surface area contributed by atoms with E-state index in [0.29, 0.717) is 39.9 Å². The number of aromatic nitrogens is 2. The highest BCUT2D eigenvalue weighted by Crippen LogP contribution is 2.46. The summed E-state index contributed by atoms with van der Waals surface area (Å²) in [5.41, 5.74) is 3.19. The van der Waals surface area contributed by atoms with Crippen LogP contribution in [0.2, 0.25) is 0 Å². The number of aryl methyl sites for hydroxylation is 1. The molecule has 2 heterocycles. The Labute approximate surface area is 191 Å². The minimum atomic E-state index is -1.06. The number of carbonyl (C=O) groups is 1. The third-order valence-corrected chi connectivity index (χ3v) is 6.82. The van der Waals surface area contributed by atoms with Crippen LogP contribution in [0.3, 0.4) is 0 Å². The Hall–Kier alpha value is -3.86. The standard InChI is InChI=1S/C25H25N5O3/c1-13-6-19(14(2)27-21-9-15(24(32)33)4-5-16(21)10-26)22-20(7-13)23(31)29(3)25(28-22)30-11-17-8-18(17)12-30/h4-7,9,14,17-18,27H,8,11-12H2,1-3H3,(H,32,33). The molecule has 2 aromatic carbocycles. The largest absolute Gasteiger partial charge is 0.478 e. The van der Waals surface area contributed by atoms with E-state index < -0.39 is 5.97 Å². The molecule has 1 aliphatic heterocycles. The number of carboxylic acid groups (broad SMARTS) is 1. The van der Waals surface area contributed by atoms with E-state index in [0.717, 1.165) is 24.2 Å². The summed E-state index contributed by atoms with van der Waals surface area (Å²) >= 11 is 0. The van der Waals surface area contributed by atoms with Crippen LogP contribution in [0.4, 0.5) is 11.6 Å². The van der Waals surface area contributed by atoms with Gasteiger partial charge in [0.2, 0.25) is 5.95 Å². The molecule has 3 aromatic rings. The van der Waals surface area contributed by atoms with Crippen molar-refractivity contribution in [1.29, 1.82) is 5.26 Å². The second kappa shape index (κ2) is 7.62. The second-order valence-electron chi connectivity index (χ2n) is 9.23. The highest BCUT2D eigenvalue weighted by molar-refractivity contribution is 5.89. The van der Waals surface area contributed by atoms with Crippen LogP contribution >= 0.6 is 0 Å². The topological polar surface area (TPSA) is 111 Å². The van der Waals surface area contributed by atoms with E-state index in [9.17, 15) is 20.0 Å². The first-order valence-corrected chi connectivity index (χ1v) is 11.1. The molecule has 3 atom stereocenters. The summed E-state index contributed by atoms with van der Waals surface area (Å²) in [6.07, 6.45) is 1.26. The van der Waals surface area contributed by atoms with Crippen molar-refractivity contribution in [2.45, 2.75) is 26.3 Å². The van der Waals surface area contributed by atoms with Crippen molar-refractivity contribution < 1.29 is 9.90 Å². The third-order valence-electron chi connectivity index (χ3n) is 6.82. The first-order chi connectivity index (χ1) is 15.8. The summed E-state index contributed by atoms with van der Waals surface area (Å²) in [4.78, 5) is 31.9. The predicted octanol–water partition coefficient (Wildman–Crippen LogP) is 3.44. The molecule has 0 spiro atoms. The number of nitriles is 1. The lowest BCUT2D eigenvalue weighted by molar-refractivity contribution is 0.0697. The van der Waals surface area contributed by atoms with Crippen molar-refractivity contribution in [1.82, 2.24) is 9.55 Å². The van der Waals surface area contributed by atoms with Crippen LogP contribution < -0.4 is 15.8 Å². The van der Waals surface area contributed by atoms with Gasteiger partial charge in [0.1, 0.15) is 6.07 Å². The number of nitrogens with zero attached hydrogens (tertiary/aromatic N) is 4. The molecule has 3 unspecified atom stereocenters. The number of hydrogen-bond donors (Lipinski definition) is 2. The molecule has 168 valence electrons. The van der Waals surface area contributed by atoms with Gasteiger partial charge in [-0.1, -0.05) is 6.07 Å². The Kier molecular flexibility index (Phi) is 4.85. The number of anilines is 2. The number of rotatable bonds is 5. The minimum Gasteiger partial charge on any atom is -0.478 e. The summed E-state index contributed by atoms with van der Waals surface area (Å²) in [5.74, 6) is 1.04. The van der Waals surface area contributed by atoms with Gasteiger partial charge in [0.25, 0.3) is 5.56 Å². The maximum atomic E-state index is 13.3. The van der Waals surface area contributed by atoms with Gasteiger partial charge in [-0.3, -0.25) is 9.36 Å². The van der Waals surface area contributed by atoms with Gasteiger partial charge < -0.3 is 15.3 Å². The van der Waals surface area contributed by atoms with E-state index in [-0.39, 0.29) is 17.2 Å². The number of hydrogen-bond acceptors (Lipinski definition) is 6. The average molecular weight is 444 g/mol. The number of aromatic carboxylic acids is 1. The summed E-state index contributed by atoms with van der Waals surface area (Å²) in [7, 11) is 1.77. The van der Waals surface area contributed by atoms with Gasteiger partial charge in [-0.05, 0) is 61.9 Å². The van der Waals surface area contributed by atoms with E-state index in [1.807, 2.05) is 26.0 Å². The summed E-state index contributed by atoms with van der Waals surface area (Å²) in [6.45, 7) is 5.72. The number of fused-ring (bicyclic) bond motifs is 2. The van der Waals surface area contributed by atoms with E-state index in [1.54, 1.807) is 11.6 Å². The summed E-state index contributed by atoms with van der Waals surface area (Å²) in [6, 6.07) is 10.0. The van der Waals surface area contributed by atoms with Crippen LogP contribution in [0, 0.1) is 30.1 Å². The zero-order chi connectivity index (χ0) is 23.4. The van der Waals surface area contributed by atoms with Crippen LogP contribution in [-0.4, -0.2) is 33.7 Å². The Morgan fingerprint density at radius 3 is 2.67 bits per heavy atom. The number of nitrogens with one attached hydrogen (secondary N) is 1. The molecule has 33 heavy (non-hydrogen) atoms. The van der Waals surface area contributed by atoms with Crippen LogP contribution in [0.5, 0.6) is 0 Å². The fourth-order valence-corrected chi connectivity index (χ4v) is 4.92. The molecule has 8 nitrogen and oxygen atoms in total. The Morgan fingerprint density at radius 1 is 1.27 bits per heavy atom. The average Bonchev–Trinajstić information content (AvgIpc) is 3.40. The quantitative estimate of drug-likeness (QED) is 0.621. The van der Waals surface area contributed by atoms with Gasteiger partial charge in [-0.15, -0.1) is 0 Å². The van der Waals surface area contributed by atoms with Crippen molar-refractivity contribution in [2.75, 3.05) is 23.3 Å². The summed E-state index contributed by atoms with van der Waals surface area (Å²) < 4.78 is 1.64. The number of piperidine rings is 1. The molecule has 2 fully saturated rings. The Morgan fingerprint density at radius 2 is 2.00 bits per heavy atom. The lowest BCUT2D eigenvalue weighted by Crippen LogP contribution is -2.31. The third kappa shape index (κ3) is 3.59. The number of carboxylic acids is 1. The molecule has 2 aliphatic rings. The van der Waals surface area contributed by atoms with Crippen molar-refractivity contribution in [2.24, 2.45) is 18.9 Å². The smallest absolute Gasteiger partial charge is 0.335 e. The highest BCUT2D eigenvalue weighted by Gasteiger charge is 2.46. The zero-order valence-electron chi connectivity index (χ0n) is 18.8. The van der Waals surface area contributed by atoms with Crippen molar-refractivity contribution in [3.05, 3.63) is 62.9 Å². The van der Waals surface area contributed by atoms with Crippen molar-refractivity contribution >= 4 is 28.5 Å². The molecule has 1 saturated heterocycles. The normalized spacial score (nSPS) is 19.8. The zero-order valence-corrected chi connectivity index (χ0v) is 18.8. The molecule has 1 aromatic heterocycles.